The van der Waals surface area contributed by atoms with Crippen LogP contribution in [0.4, 0.5) is 0 Å². The van der Waals surface area contributed by atoms with Gasteiger partial charge in [0.1, 0.15) is 17.8 Å². The van der Waals surface area contributed by atoms with Crippen molar-refractivity contribution in [3.63, 3.8) is 0 Å². The van der Waals surface area contributed by atoms with Crippen molar-refractivity contribution >= 4 is 35.1 Å². The largest absolute Gasteiger partial charge is 0.458 e. The van der Waals surface area contributed by atoms with Crippen molar-refractivity contribution in [2.75, 3.05) is 6.54 Å². The van der Waals surface area contributed by atoms with E-state index >= 15 is 0 Å². The van der Waals surface area contributed by atoms with Crippen LogP contribution < -0.4 is 0 Å². The summed E-state index contributed by atoms with van der Waals surface area (Å²) in [5.41, 5.74) is 0.409. The van der Waals surface area contributed by atoms with E-state index in [2.05, 4.69) is 4.98 Å². The second-order valence-corrected chi connectivity index (χ2v) is 5.96. The molecular weight excluding hydrogens is 327 g/mol. The molecule has 2 heterocycles. The van der Waals surface area contributed by atoms with Crippen molar-refractivity contribution < 1.29 is 14.3 Å². The zero-order valence-electron chi connectivity index (χ0n) is 12.3. The van der Waals surface area contributed by atoms with Crippen molar-refractivity contribution in [3.8, 4) is 0 Å². The number of esters is 1. The van der Waals surface area contributed by atoms with Crippen molar-refractivity contribution in [3.05, 3.63) is 28.0 Å². The number of likely N-dealkylation sites (tertiary alicyclic amines) is 1. The lowest BCUT2D eigenvalue weighted by molar-refractivity contribution is -0.154. The van der Waals surface area contributed by atoms with Crippen LogP contribution in [0.5, 0.6) is 0 Å². The summed E-state index contributed by atoms with van der Waals surface area (Å²) in [6.45, 7) is 2.49. The van der Waals surface area contributed by atoms with Crippen LogP contribution in [0.25, 0.3) is 0 Å². The Bertz CT molecular complexity index is 566. The quantitative estimate of drug-likeness (QED) is 0.607. The van der Waals surface area contributed by atoms with Gasteiger partial charge in [0, 0.05) is 13.0 Å². The molecule has 0 spiro atoms. The number of pyridine rings is 1. The summed E-state index contributed by atoms with van der Waals surface area (Å²) in [6, 6.07) is 2.67. The molecule has 0 aromatic carbocycles. The average molecular weight is 345 g/mol. The van der Waals surface area contributed by atoms with E-state index in [0.29, 0.717) is 30.1 Å². The highest BCUT2D eigenvalue weighted by molar-refractivity contribution is 6.32. The molecule has 0 aliphatic carbocycles. The van der Waals surface area contributed by atoms with Gasteiger partial charge in [-0.25, -0.2) is 9.78 Å². The lowest BCUT2D eigenvalue weighted by Gasteiger charge is -2.23. The van der Waals surface area contributed by atoms with Gasteiger partial charge in [0.05, 0.1) is 10.7 Å². The fourth-order valence-electron chi connectivity index (χ4n) is 2.46. The fraction of sp³-hybridized carbons (Fsp3) is 0.533. The van der Waals surface area contributed by atoms with E-state index in [1.54, 1.807) is 17.0 Å². The van der Waals surface area contributed by atoms with Crippen LogP contribution in [-0.2, 0) is 20.9 Å². The van der Waals surface area contributed by atoms with Crippen LogP contribution in [0.2, 0.25) is 10.2 Å². The van der Waals surface area contributed by atoms with E-state index in [9.17, 15) is 9.59 Å². The molecule has 1 saturated heterocycles. The molecule has 2 rings (SSSR count). The summed E-state index contributed by atoms with van der Waals surface area (Å²) >= 11 is 11.8. The third-order valence-electron chi connectivity index (χ3n) is 3.54. The number of aromatic nitrogens is 1. The first-order valence-corrected chi connectivity index (χ1v) is 8.05. The number of nitrogens with zero attached hydrogens (tertiary/aromatic N) is 2. The second kappa shape index (κ2) is 7.79. The molecule has 1 unspecified atom stereocenters. The summed E-state index contributed by atoms with van der Waals surface area (Å²) < 4.78 is 5.27. The molecule has 1 amide bonds. The van der Waals surface area contributed by atoms with Crippen molar-refractivity contribution in [1.29, 1.82) is 0 Å². The highest BCUT2D eigenvalue weighted by atomic mass is 35.5. The van der Waals surface area contributed by atoms with Gasteiger partial charge in [-0.05, 0) is 31.4 Å². The number of carbonyl (C=O) groups is 2. The minimum atomic E-state index is -0.503. The van der Waals surface area contributed by atoms with Crippen LogP contribution in [0.3, 0.4) is 0 Å². The predicted octanol–water partition coefficient (Wildman–Crippen LogP) is 3.22. The average Bonchev–Trinajstić information content (AvgIpc) is 2.98. The van der Waals surface area contributed by atoms with Gasteiger partial charge >= 0.3 is 5.97 Å². The Morgan fingerprint density at radius 1 is 1.41 bits per heavy atom. The minimum absolute atomic E-state index is 0.000799. The van der Waals surface area contributed by atoms with Crippen LogP contribution in [-0.4, -0.2) is 34.3 Å². The third kappa shape index (κ3) is 4.11. The Hall–Kier alpha value is -1.33. The number of ether oxygens (including phenoxy) is 1. The molecule has 5 nitrogen and oxygen atoms in total. The molecular formula is C15H18Cl2N2O3. The van der Waals surface area contributed by atoms with Gasteiger partial charge in [-0.2, -0.15) is 0 Å². The first-order chi connectivity index (χ1) is 10.5. The number of hydrogen-bond acceptors (Lipinski definition) is 4. The Morgan fingerprint density at radius 3 is 2.91 bits per heavy atom. The number of carbonyl (C=O) groups excluding carboxylic acids is 2. The number of hydrogen-bond donors (Lipinski definition) is 0. The first kappa shape index (κ1) is 17.0. The number of rotatable bonds is 5. The monoisotopic (exact) mass is 344 g/mol. The van der Waals surface area contributed by atoms with E-state index in [4.69, 9.17) is 27.9 Å². The van der Waals surface area contributed by atoms with Crippen LogP contribution in [0.1, 0.15) is 38.3 Å². The molecule has 0 N–H and O–H groups in total. The lowest BCUT2D eigenvalue weighted by atomic mass is 10.2. The highest BCUT2D eigenvalue weighted by Gasteiger charge is 2.34. The summed E-state index contributed by atoms with van der Waals surface area (Å²) in [6.07, 6.45) is 2.65. The van der Waals surface area contributed by atoms with Crippen molar-refractivity contribution in [1.82, 2.24) is 9.88 Å². The van der Waals surface area contributed by atoms with E-state index in [-0.39, 0.29) is 17.7 Å². The molecule has 120 valence electrons. The topological polar surface area (TPSA) is 59.5 Å². The zero-order chi connectivity index (χ0) is 16.1. The second-order valence-electron chi connectivity index (χ2n) is 5.17. The summed E-state index contributed by atoms with van der Waals surface area (Å²) in [4.78, 5) is 29.9. The summed E-state index contributed by atoms with van der Waals surface area (Å²) in [5, 5.41) is 0.679. The maximum absolute atomic E-state index is 12.2. The van der Waals surface area contributed by atoms with Gasteiger partial charge in [0.25, 0.3) is 0 Å². The molecule has 0 saturated carbocycles. The predicted molar refractivity (Wildman–Crippen MR) is 83.7 cm³/mol. The third-order valence-corrected chi connectivity index (χ3v) is 4.10. The van der Waals surface area contributed by atoms with Gasteiger partial charge in [0.2, 0.25) is 5.91 Å². The lowest BCUT2D eigenvalue weighted by Crippen LogP contribution is -2.41. The molecule has 0 radical (unpaired) electrons. The Morgan fingerprint density at radius 2 is 2.18 bits per heavy atom. The van der Waals surface area contributed by atoms with Crippen LogP contribution >= 0.6 is 23.2 Å². The van der Waals surface area contributed by atoms with Gasteiger partial charge in [0.15, 0.2) is 0 Å². The van der Waals surface area contributed by atoms with E-state index in [1.165, 1.54) is 0 Å². The summed E-state index contributed by atoms with van der Waals surface area (Å²) in [5.74, 6) is -0.416. The smallest absolute Gasteiger partial charge is 0.329 e. The van der Waals surface area contributed by atoms with E-state index in [1.807, 2.05) is 6.92 Å². The highest BCUT2D eigenvalue weighted by Crippen LogP contribution is 2.22. The number of amides is 1. The van der Waals surface area contributed by atoms with Gasteiger partial charge in [-0.15, -0.1) is 0 Å². The van der Waals surface area contributed by atoms with Gasteiger partial charge in [-0.1, -0.05) is 30.1 Å². The molecule has 1 aliphatic heterocycles. The van der Waals surface area contributed by atoms with Gasteiger partial charge in [-0.3, -0.25) is 4.79 Å². The van der Waals surface area contributed by atoms with E-state index < -0.39 is 12.0 Å². The molecule has 1 aromatic rings. The molecule has 22 heavy (non-hydrogen) atoms. The van der Waals surface area contributed by atoms with Crippen molar-refractivity contribution in [2.45, 2.75) is 45.3 Å². The molecule has 0 bridgehead atoms. The van der Waals surface area contributed by atoms with Crippen LogP contribution in [0.15, 0.2) is 12.1 Å². The van der Waals surface area contributed by atoms with Gasteiger partial charge < -0.3 is 9.64 Å². The Labute approximate surface area is 139 Å². The standard InChI is InChI=1S/C15H18Cl2N2O3/c1-2-4-14(20)19-8-3-5-12(19)15(21)22-9-11-10(16)6-7-13(17)18-11/h6-7,12H,2-5,8-9H2,1H3. The maximum Gasteiger partial charge on any atom is 0.329 e. The van der Waals surface area contributed by atoms with Crippen molar-refractivity contribution in [2.24, 2.45) is 0 Å². The first-order valence-electron chi connectivity index (χ1n) is 7.30. The minimum Gasteiger partial charge on any atom is -0.458 e. The fourth-order valence-corrected chi connectivity index (χ4v) is 2.79. The molecule has 1 aromatic heterocycles. The zero-order valence-corrected chi connectivity index (χ0v) is 13.9. The molecule has 1 fully saturated rings. The number of halogens is 2. The Balaban J connectivity index is 1.96. The molecule has 1 atom stereocenters. The summed E-state index contributed by atoms with van der Waals surface area (Å²) in [7, 11) is 0. The maximum atomic E-state index is 12.2. The normalized spacial score (nSPS) is 17.6. The van der Waals surface area contributed by atoms with E-state index in [0.717, 1.165) is 12.8 Å². The Kier molecular flexibility index (Phi) is 6.03. The molecule has 7 heteroatoms. The van der Waals surface area contributed by atoms with Crippen LogP contribution in [0, 0.1) is 0 Å². The molecule has 1 aliphatic rings. The SMILES string of the molecule is CCCC(=O)N1CCCC1C(=O)OCc1nc(Cl)ccc1Cl.